The third-order valence-electron chi connectivity index (χ3n) is 2.04. The standard InChI is InChI=1S/C10H16N2O/c1-3-5-6-10(13)9-7-11-12(4-2)8-9/h7-8H,3-6H2,1-2H3. The monoisotopic (exact) mass is 180 g/mol. The molecular weight excluding hydrogens is 164 g/mol. The van der Waals surface area contributed by atoms with E-state index in [0.29, 0.717) is 6.42 Å². The number of nitrogens with zero attached hydrogens (tertiary/aromatic N) is 2. The first-order valence-corrected chi connectivity index (χ1v) is 4.83. The Hall–Kier alpha value is -1.12. The summed E-state index contributed by atoms with van der Waals surface area (Å²) in [5, 5.41) is 4.06. The minimum atomic E-state index is 0.210. The highest BCUT2D eigenvalue weighted by Crippen LogP contribution is 2.05. The number of Topliss-reactive ketones (excluding diaryl/α,β-unsaturated/α-hetero) is 1. The molecule has 0 aliphatic heterocycles. The van der Waals surface area contributed by atoms with Gasteiger partial charge in [-0.2, -0.15) is 5.10 Å². The van der Waals surface area contributed by atoms with Gasteiger partial charge in [-0.05, 0) is 13.3 Å². The highest BCUT2D eigenvalue weighted by molar-refractivity contribution is 5.95. The SMILES string of the molecule is CCCCC(=O)c1cnn(CC)c1. The van der Waals surface area contributed by atoms with Crippen molar-refractivity contribution in [2.24, 2.45) is 0 Å². The summed E-state index contributed by atoms with van der Waals surface area (Å²) < 4.78 is 1.78. The van der Waals surface area contributed by atoms with Gasteiger partial charge in [0, 0.05) is 19.2 Å². The van der Waals surface area contributed by atoms with Crippen molar-refractivity contribution in [3.05, 3.63) is 18.0 Å². The fourth-order valence-electron chi connectivity index (χ4n) is 1.16. The summed E-state index contributed by atoms with van der Waals surface area (Å²) in [6.45, 7) is 4.91. The number of carbonyl (C=O) groups is 1. The van der Waals surface area contributed by atoms with Crippen molar-refractivity contribution in [1.29, 1.82) is 0 Å². The van der Waals surface area contributed by atoms with Crippen molar-refractivity contribution in [2.75, 3.05) is 0 Å². The van der Waals surface area contributed by atoms with Crippen LogP contribution in [0, 0.1) is 0 Å². The van der Waals surface area contributed by atoms with Crippen LogP contribution in [0.25, 0.3) is 0 Å². The van der Waals surface area contributed by atoms with Crippen molar-refractivity contribution >= 4 is 5.78 Å². The molecule has 0 fully saturated rings. The molecule has 0 bridgehead atoms. The Morgan fingerprint density at radius 1 is 1.54 bits per heavy atom. The van der Waals surface area contributed by atoms with E-state index in [2.05, 4.69) is 12.0 Å². The van der Waals surface area contributed by atoms with Gasteiger partial charge in [0.25, 0.3) is 0 Å². The van der Waals surface area contributed by atoms with E-state index < -0.39 is 0 Å². The number of aryl methyl sites for hydroxylation is 1. The van der Waals surface area contributed by atoms with Crippen molar-refractivity contribution < 1.29 is 4.79 Å². The van der Waals surface area contributed by atoms with Crippen LogP contribution >= 0.6 is 0 Å². The molecule has 1 heterocycles. The third-order valence-corrected chi connectivity index (χ3v) is 2.04. The maximum Gasteiger partial charge on any atom is 0.166 e. The van der Waals surface area contributed by atoms with Gasteiger partial charge in [0.15, 0.2) is 5.78 Å². The van der Waals surface area contributed by atoms with Gasteiger partial charge in [0.2, 0.25) is 0 Å². The lowest BCUT2D eigenvalue weighted by molar-refractivity contribution is 0.0979. The maximum absolute atomic E-state index is 11.5. The van der Waals surface area contributed by atoms with Crippen LogP contribution in [0.4, 0.5) is 0 Å². The van der Waals surface area contributed by atoms with Crippen LogP contribution < -0.4 is 0 Å². The summed E-state index contributed by atoms with van der Waals surface area (Å²) in [5.41, 5.74) is 0.746. The minimum Gasteiger partial charge on any atom is -0.294 e. The maximum atomic E-state index is 11.5. The molecule has 72 valence electrons. The second-order valence-corrected chi connectivity index (χ2v) is 3.11. The van der Waals surface area contributed by atoms with Gasteiger partial charge in [-0.1, -0.05) is 13.3 Å². The molecular formula is C10H16N2O. The molecule has 1 aromatic heterocycles. The summed E-state index contributed by atoms with van der Waals surface area (Å²) in [6, 6.07) is 0. The molecule has 0 amide bonds. The third kappa shape index (κ3) is 2.68. The van der Waals surface area contributed by atoms with E-state index in [9.17, 15) is 4.79 Å². The molecule has 1 aromatic rings. The normalized spacial score (nSPS) is 10.3. The zero-order chi connectivity index (χ0) is 9.68. The van der Waals surface area contributed by atoms with Gasteiger partial charge in [0.05, 0.1) is 11.8 Å². The average molecular weight is 180 g/mol. The van der Waals surface area contributed by atoms with Crippen LogP contribution in [0.1, 0.15) is 43.5 Å². The van der Waals surface area contributed by atoms with Crippen LogP contribution in [0.5, 0.6) is 0 Å². The van der Waals surface area contributed by atoms with Gasteiger partial charge in [-0.25, -0.2) is 0 Å². The smallest absolute Gasteiger partial charge is 0.166 e. The summed E-state index contributed by atoms with van der Waals surface area (Å²) in [7, 11) is 0. The predicted molar refractivity (Wildman–Crippen MR) is 51.8 cm³/mol. The topological polar surface area (TPSA) is 34.9 Å². The summed E-state index contributed by atoms with van der Waals surface area (Å²) in [4.78, 5) is 11.5. The van der Waals surface area contributed by atoms with Gasteiger partial charge in [-0.15, -0.1) is 0 Å². The Kier molecular flexibility index (Phi) is 3.68. The highest BCUT2D eigenvalue weighted by Gasteiger charge is 2.06. The van der Waals surface area contributed by atoms with Crippen molar-refractivity contribution in [3.63, 3.8) is 0 Å². The van der Waals surface area contributed by atoms with E-state index in [1.54, 1.807) is 10.9 Å². The van der Waals surface area contributed by atoms with E-state index in [1.165, 1.54) is 0 Å². The van der Waals surface area contributed by atoms with Gasteiger partial charge in [0.1, 0.15) is 0 Å². The van der Waals surface area contributed by atoms with Gasteiger partial charge < -0.3 is 0 Å². The highest BCUT2D eigenvalue weighted by atomic mass is 16.1. The first kappa shape index (κ1) is 9.96. The summed E-state index contributed by atoms with van der Waals surface area (Å²) in [5.74, 6) is 0.210. The fourth-order valence-corrected chi connectivity index (χ4v) is 1.16. The zero-order valence-electron chi connectivity index (χ0n) is 8.29. The van der Waals surface area contributed by atoms with E-state index >= 15 is 0 Å². The van der Waals surface area contributed by atoms with Crippen LogP contribution in [0.2, 0.25) is 0 Å². The van der Waals surface area contributed by atoms with Gasteiger partial charge >= 0.3 is 0 Å². The van der Waals surface area contributed by atoms with Crippen molar-refractivity contribution in [1.82, 2.24) is 9.78 Å². The molecule has 1 rings (SSSR count). The summed E-state index contributed by atoms with van der Waals surface area (Å²) >= 11 is 0. The quantitative estimate of drug-likeness (QED) is 0.651. The molecule has 0 aliphatic rings. The van der Waals surface area contributed by atoms with E-state index in [-0.39, 0.29) is 5.78 Å². The predicted octanol–water partition coefficient (Wildman–Crippen LogP) is 2.28. The van der Waals surface area contributed by atoms with E-state index in [0.717, 1.165) is 24.9 Å². The number of ketones is 1. The first-order chi connectivity index (χ1) is 6.27. The molecule has 13 heavy (non-hydrogen) atoms. The van der Waals surface area contributed by atoms with Crippen molar-refractivity contribution in [2.45, 2.75) is 39.7 Å². The van der Waals surface area contributed by atoms with Crippen LogP contribution in [-0.2, 0) is 6.54 Å². The number of carbonyl (C=O) groups excluding carboxylic acids is 1. The van der Waals surface area contributed by atoms with E-state index in [4.69, 9.17) is 0 Å². The molecule has 0 saturated heterocycles. The Labute approximate surface area is 78.8 Å². The van der Waals surface area contributed by atoms with Crippen molar-refractivity contribution in [3.8, 4) is 0 Å². The van der Waals surface area contributed by atoms with Crippen LogP contribution in [0.15, 0.2) is 12.4 Å². The molecule has 0 N–H and O–H groups in total. The molecule has 0 atom stereocenters. The fraction of sp³-hybridized carbons (Fsp3) is 0.600. The Bertz CT molecular complexity index is 278. The second-order valence-electron chi connectivity index (χ2n) is 3.11. The molecule has 0 aliphatic carbocycles. The lowest BCUT2D eigenvalue weighted by Crippen LogP contribution is -1.97. The molecule has 3 heteroatoms. The number of unbranched alkanes of at least 4 members (excludes halogenated alkanes) is 1. The lowest BCUT2D eigenvalue weighted by atomic mass is 10.1. The number of rotatable bonds is 5. The Balaban J connectivity index is 2.55. The average Bonchev–Trinajstić information content (AvgIpc) is 2.62. The summed E-state index contributed by atoms with van der Waals surface area (Å²) in [6.07, 6.45) is 6.15. The molecule has 0 radical (unpaired) electrons. The molecule has 0 unspecified atom stereocenters. The number of aromatic nitrogens is 2. The largest absolute Gasteiger partial charge is 0.294 e. The zero-order valence-corrected chi connectivity index (χ0v) is 8.29. The van der Waals surface area contributed by atoms with E-state index in [1.807, 2.05) is 13.1 Å². The molecule has 0 aromatic carbocycles. The molecule has 0 spiro atoms. The lowest BCUT2D eigenvalue weighted by Gasteiger charge is -1.94. The minimum absolute atomic E-state index is 0.210. The Morgan fingerprint density at radius 3 is 2.85 bits per heavy atom. The number of hydrogen-bond donors (Lipinski definition) is 0. The van der Waals surface area contributed by atoms with Crippen LogP contribution in [0.3, 0.4) is 0 Å². The van der Waals surface area contributed by atoms with Crippen LogP contribution in [-0.4, -0.2) is 15.6 Å². The number of hydrogen-bond acceptors (Lipinski definition) is 2. The van der Waals surface area contributed by atoms with Gasteiger partial charge in [-0.3, -0.25) is 9.48 Å². The molecule has 3 nitrogen and oxygen atoms in total. The second kappa shape index (κ2) is 4.80. The first-order valence-electron chi connectivity index (χ1n) is 4.83. The Morgan fingerprint density at radius 2 is 2.31 bits per heavy atom. The molecule has 0 saturated carbocycles.